The molecule has 2 N–H and O–H groups in total. The first kappa shape index (κ1) is 16.9. The Morgan fingerprint density at radius 2 is 1.79 bits per heavy atom. The van der Waals surface area contributed by atoms with Crippen LogP contribution in [-0.2, 0) is 6.54 Å². The summed E-state index contributed by atoms with van der Waals surface area (Å²) in [4.78, 5) is 3.93. The Morgan fingerprint density at radius 3 is 2.50 bits per heavy atom. The van der Waals surface area contributed by atoms with Crippen molar-refractivity contribution in [1.29, 1.82) is 0 Å². The van der Waals surface area contributed by atoms with Crippen molar-refractivity contribution in [2.24, 2.45) is 0 Å². The first-order valence-electron chi connectivity index (χ1n) is 8.62. The number of quaternary nitrogens is 1. The smallest absolute Gasteiger partial charge is 0.173 e. The molecule has 0 atom stereocenters. The summed E-state index contributed by atoms with van der Waals surface area (Å²) in [6.45, 7) is 9.61. The lowest BCUT2D eigenvalue weighted by Crippen LogP contribution is -3.13. The molecule has 1 saturated heterocycles. The van der Waals surface area contributed by atoms with Crippen LogP contribution in [0.5, 0.6) is 0 Å². The van der Waals surface area contributed by atoms with Gasteiger partial charge in [0.15, 0.2) is 5.11 Å². The summed E-state index contributed by atoms with van der Waals surface area (Å²) in [6, 6.07) is 17.2. The van der Waals surface area contributed by atoms with Crippen LogP contribution < -0.4 is 10.2 Å². The van der Waals surface area contributed by atoms with Crippen LogP contribution >= 0.6 is 12.2 Å². The molecule has 4 heteroatoms. The Hall–Kier alpha value is -1.91. The molecule has 1 aliphatic heterocycles. The van der Waals surface area contributed by atoms with Gasteiger partial charge in [0.1, 0.15) is 6.54 Å². The third-order valence-corrected chi connectivity index (χ3v) is 5.05. The van der Waals surface area contributed by atoms with Gasteiger partial charge in [-0.3, -0.25) is 0 Å². The van der Waals surface area contributed by atoms with Gasteiger partial charge in [0, 0.05) is 11.3 Å². The van der Waals surface area contributed by atoms with Crippen LogP contribution in [0.2, 0.25) is 0 Å². The van der Waals surface area contributed by atoms with Crippen LogP contribution in [0.15, 0.2) is 48.5 Å². The summed E-state index contributed by atoms with van der Waals surface area (Å²) < 4.78 is 0. The maximum Gasteiger partial charge on any atom is 0.173 e. The number of benzene rings is 2. The van der Waals surface area contributed by atoms with E-state index in [0.717, 1.165) is 43.5 Å². The molecule has 0 bridgehead atoms. The predicted octanol–water partition coefficient (Wildman–Crippen LogP) is 2.40. The Kier molecular flexibility index (Phi) is 5.48. The van der Waals surface area contributed by atoms with Crippen molar-refractivity contribution in [2.45, 2.75) is 20.4 Å². The van der Waals surface area contributed by atoms with E-state index in [1.54, 1.807) is 4.90 Å². The van der Waals surface area contributed by atoms with Gasteiger partial charge >= 0.3 is 0 Å². The summed E-state index contributed by atoms with van der Waals surface area (Å²) >= 11 is 5.63. The number of thiocarbonyl (C=S) groups is 1. The van der Waals surface area contributed by atoms with E-state index in [1.165, 1.54) is 16.7 Å². The van der Waals surface area contributed by atoms with Crippen LogP contribution in [0.4, 0.5) is 5.69 Å². The van der Waals surface area contributed by atoms with E-state index in [9.17, 15) is 0 Å². The number of piperazine rings is 1. The quantitative estimate of drug-likeness (QED) is 0.837. The van der Waals surface area contributed by atoms with Crippen LogP contribution in [0.25, 0.3) is 0 Å². The summed E-state index contributed by atoms with van der Waals surface area (Å²) in [5.74, 6) is 0. The normalized spacial score (nSPS) is 15.3. The largest absolute Gasteiger partial charge is 0.338 e. The van der Waals surface area contributed by atoms with Gasteiger partial charge in [-0.05, 0) is 43.3 Å². The lowest BCUT2D eigenvalue weighted by molar-refractivity contribution is -0.917. The highest BCUT2D eigenvalue weighted by molar-refractivity contribution is 7.80. The van der Waals surface area contributed by atoms with Crippen molar-refractivity contribution in [3.05, 3.63) is 65.2 Å². The lowest BCUT2D eigenvalue weighted by Gasteiger charge is -2.34. The monoisotopic (exact) mass is 340 g/mol. The Labute approximate surface area is 150 Å². The number of hydrogen-bond acceptors (Lipinski definition) is 1. The third kappa shape index (κ3) is 4.34. The number of hydrogen-bond donors (Lipinski definition) is 2. The topological polar surface area (TPSA) is 19.7 Å². The first-order chi connectivity index (χ1) is 11.6. The molecule has 0 aromatic heterocycles. The van der Waals surface area contributed by atoms with E-state index >= 15 is 0 Å². The molecule has 126 valence electrons. The van der Waals surface area contributed by atoms with Crippen molar-refractivity contribution in [3.63, 3.8) is 0 Å². The lowest BCUT2D eigenvalue weighted by atomic mass is 10.1. The van der Waals surface area contributed by atoms with Crippen molar-refractivity contribution in [1.82, 2.24) is 4.90 Å². The molecule has 1 fully saturated rings. The van der Waals surface area contributed by atoms with Gasteiger partial charge in [-0.1, -0.05) is 42.5 Å². The highest BCUT2D eigenvalue weighted by Gasteiger charge is 2.22. The molecule has 0 aliphatic carbocycles. The van der Waals surface area contributed by atoms with E-state index in [0.29, 0.717) is 0 Å². The molecule has 3 nitrogen and oxygen atoms in total. The maximum atomic E-state index is 5.63. The molecular formula is C20H26N3S+. The van der Waals surface area contributed by atoms with E-state index in [-0.39, 0.29) is 0 Å². The average molecular weight is 341 g/mol. The second kappa shape index (κ2) is 7.77. The second-order valence-electron chi connectivity index (χ2n) is 6.65. The number of anilines is 1. The van der Waals surface area contributed by atoms with Gasteiger partial charge in [0.25, 0.3) is 0 Å². The summed E-state index contributed by atoms with van der Waals surface area (Å²) in [5.41, 5.74) is 5.02. The fourth-order valence-corrected chi connectivity index (χ4v) is 3.44. The maximum absolute atomic E-state index is 5.63. The van der Waals surface area contributed by atoms with E-state index in [2.05, 4.69) is 72.6 Å². The Morgan fingerprint density at radius 1 is 1.08 bits per heavy atom. The fraction of sp³-hybridized carbons (Fsp3) is 0.350. The fourth-order valence-electron chi connectivity index (χ4n) is 3.15. The van der Waals surface area contributed by atoms with Crippen LogP contribution in [0.3, 0.4) is 0 Å². The number of nitrogens with one attached hydrogen (secondary N) is 2. The van der Waals surface area contributed by atoms with Gasteiger partial charge in [-0.2, -0.15) is 0 Å². The second-order valence-corrected chi connectivity index (χ2v) is 7.03. The van der Waals surface area contributed by atoms with E-state index in [1.807, 2.05) is 0 Å². The van der Waals surface area contributed by atoms with Crippen LogP contribution in [0, 0.1) is 13.8 Å². The predicted molar refractivity (Wildman–Crippen MR) is 105 cm³/mol. The molecule has 1 heterocycles. The number of rotatable bonds is 3. The zero-order chi connectivity index (χ0) is 16.9. The molecule has 24 heavy (non-hydrogen) atoms. The van der Waals surface area contributed by atoms with Crippen molar-refractivity contribution < 1.29 is 4.90 Å². The van der Waals surface area contributed by atoms with Crippen molar-refractivity contribution >= 4 is 23.0 Å². The van der Waals surface area contributed by atoms with Gasteiger partial charge < -0.3 is 15.1 Å². The zero-order valence-electron chi connectivity index (χ0n) is 14.5. The zero-order valence-corrected chi connectivity index (χ0v) is 15.3. The minimum atomic E-state index is 0.850. The van der Waals surface area contributed by atoms with Crippen molar-refractivity contribution in [3.8, 4) is 0 Å². The minimum Gasteiger partial charge on any atom is -0.338 e. The first-order valence-corrected chi connectivity index (χ1v) is 9.03. The van der Waals surface area contributed by atoms with Crippen LogP contribution in [-0.4, -0.2) is 36.2 Å². The van der Waals surface area contributed by atoms with Crippen molar-refractivity contribution in [2.75, 3.05) is 31.5 Å². The highest BCUT2D eigenvalue weighted by atomic mass is 32.1. The summed E-state index contributed by atoms with van der Waals surface area (Å²) in [5, 5.41) is 4.28. The molecule has 0 radical (unpaired) electrons. The molecule has 0 saturated carbocycles. The molecule has 2 aromatic rings. The standard InChI is InChI=1S/C20H25N3S/c1-16-8-9-17(2)19(14-16)21-20(24)23-12-10-22(11-13-23)15-18-6-4-3-5-7-18/h3-9,14H,10-13,15H2,1-2H3,(H,21,24)/p+1. The van der Waals surface area contributed by atoms with Gasteiger partial charge in [0.2, 0.25) is 0 Å². The molecule has 0 amide bonds. The molecule has 1 aliphatic rings. The van der Waals surface area contributed by atoms with Gasteiger partial charge in [0.05, 0.1) is 26.2 Å². The molecule has 2 aromatic carbocycles. The third-order valence-electron chi connectivity index (χ3n) is 4.69. The number of nitrogens with zero attached hydrogens (tertiary/aromatic N) is 1. The van der Waals surface area contributed by atoms with E-state index in [4.69, 9.17) is 12.2 Å². The highest BCUT2D eigenvalue weighted by Crippen LogP contribution is 2.17. The average Bonchev–Trinajstić information content (AvgIpc) is 2.60. The minimum absolute atomic E-state index is 0.850. The molecule has 3 rings (SSSR count). The van der Waals surface area contributed by atoms with Crippen LogP contribution in [0.1, 0.15) is 16.7 Å². The van der Waals surface area contributed by atoms with E-state index < -0.39 is 0 Å². The van der Waals surface area contributed by atoms with Gasteiger partial charge in [-0.25, -0.2) is 0 Å². The summed E-state index contributed by atoms with van der Waals surface area (Å²) in [7, 11) is 0. The molecule has 0 spiro atoms. The molecule has 0 unspecified atom stereocenters. The Bertz CT molecular complexity index is 691. The Balaban J connectivity index is 1.52. The molecular weight excluding hydrogens is 314 g/mol. The summed E-state index contributed by atoms with van der Waals surface area (Å²) in [6.07, 6.45) is 0. The number of aryl methyl sites for hydroxylation is 2. The SMILES string of the molecule is Cc1ccc(C)c(NC(=S)N2CC[NH+](Cc3ccccc3)CC2)c1. The van der Waals surface area contributed by atoms with Gasteiger partial charge in [-0.15, -0.1) is 0 Å².